The number of ether oxygens (including phenoxy) is 1. The van der Waals surface area contributed by atoms with Gasteiger partial charge in [-0.25, -0.2) is 4.79 Å². The lowest BCUT2D eigenvalue weighted by Gasteiger charge is -2.08. The molecule has 0 radical (unpaired) electrons. The highest BCUT2D eigenvalue weighted by Crippen LogP contribution is 2.13. The molecular weight excluding hydrogens is 278 g/mol. The van der Waals surface area contributed by atoms with Crippen LogP contribution in [0.15, 0.2) is 48.5 Å². The van der Waals surface area contributed by atoms with Gasteiger partial charge in [0, 0.05) is 13.1 Å². The number of aromatic carboxylic acids is 1. The van der Waals surface area contributed by atoms with E-state index in [0.29, 0.717) is 12.1 Å². The predicted molar refractivity (Wildman–Crippen MR) is 86.2 cm³/mol. The van der Waals surface area contributed by atoms with Crippen molar-refractivity contribution in [3.8, 4) is 5.75 Å². The van der Waals surface area contributed by atoms with E-state index in [2.05, 4.69) is 18.3 Å². The molecule has 0 atom stereocenters. The summed E-state index contributed by atoms with van der Waals surface area (Å²) in [5, 5.41) is 12.2. The molecule has 0 saturated heterocycles. The van der Waals surface area contributed by atoms with Crippen molar-refractivity contribution in [2.75, 3.05) is 6.61 Å². The van der Waals surface area contributed by atoms with E-state index in [4.69, 9.17) is 9.84 Å². The Balaban J connectivity index is 1.84. The summed E-state index contributed by atoms with van der Waals surface area (Å²) in [7, 11) is 0. The topological polar surface area (TPSA) is 58.6 Å². The van der Waals surface area contributed by atoms with E-state index in [9.17, 15) is 4.79 Å². The summed E-state index contributed by atoms with van der Waals surface area (Å²) in [5.41, 5.74) is 2.53. The van der Waals surface area contributed by atoms with E-state index in [1.165, 1.54) is 0 Å². The first-order chi connectivity index (χ1) is 10.7. The Morgan fingerprint density at radius 1 is 1.09 bits per heavy atom. The quantitative estimate of drug-likeness (QED) is 0.783. The molecule has 22 heavy (non-hydrogen) atoms. The third kappa shape index (κ3) is 4.90. The maximum absolute atomic E-state index is 10.8. The van der Waals surface area contributed by atoms with E-state index in [1.807, 2.05) is 30.3 Å². The van der Waals surface area contributed by atoms with Gasteiger partial charge in [0.25, 0.3) is 0 Å². The van der Waals surface area contributed by atoms with Crippen molar-refractivity contribution in [3.05, 3.63) is 65.2 Å². The standard InChI is InChI=1S/C18H21NO3/c1-2-10-22-17-5-3-4-15(11-17)13-19-12-14-6-8-16(9-7-14)18(20)21/h3-9,11,19H,2,10,12-13H2,1H3,(H,20,21). The lowest BCUT2D eigenvalue weighted by Crippen LogP contribution is -2.12. The third-order valence-corrected chi connectivity index (χ3v) is 3.23. The van der Waals surface area contributed by atoms with Crippen molar-refractivity contribution in [1.29, 1.82) is 0 Å². The number of hydrogen-bond donors (Lipinski definition) is 2. The van der Waals surface area contributed by atoms with Crippen LogP contribution < -0.4 is 10.1 Å². The molecule has 0 aliphatic carbocycles. The maximum atomic E-state index is 10.8. The molecule has 0 saturated carbocycles. The van der Waals surface area contributed by atoms with Gasteiger partial charge in [-0.15, -0.1) is 0 Å². The van der Waals surface area contributed by atoms with Gasteiger partial charge in [-0.1, -0.05) is 31.2 Å². The highest BCUT2D eigenvalue weighted by molar-refractivity contribution is 5.87. The molecule has 2 N–H and O–H groups in total. The lowest BCUT2D eigenvalue weighted by atomic mass is 10.1. The van der Waals surface area contributed by atoms with E-state index in [0.717, 1.165) is 36.4 Å². The molecule has 0 bridgehead atoms. The highest BCUT2D eigenvalue weighted by Gasteiger charge is 2.02. The number of carboxylic acid groups (broad SMARTS) is 1. The Hall–Kier alpha value is -2.33. The molecule has 0 aromatic heterocycles. The fraction of sp³-hybridized carbons (Fsp3) is 0.278. The second-order valence-corrected chi connectivity index (χ2v) is 5.10. The highest BCUT2D eigenvalue weighted by atomic mass is 16.5. The van der Waals surface area contributed by atoms with Crippen LogP contribution in [0.4, 0.5) is 0 Å². The Morgan fingerprint density at radius 3 is 2.50 bits per heavy atom. The van der Waals surface area contributed by atoms with Crippen molar-refractivity contribution in [2.45, 2.75) is 26.4 Å². The summed E-state index contributed by atoms with van der Waals surface area (Å²) >= 11 is 0. The summed E-state index contributed by atoms with van der Waals surface area (Å²) in [6.45, 7) is 4.25. The van der Waals surface area contributed by atoms with E-state index < -0.39 is 5.97 Å². The molecule has 116 valence electrons. The smallest absolute Gasteiger partial charge is 0.335 e. The first kappa shape index (κ1) is 16.0. The van der Waals surface area contributed by atoms with Gasteiger partial charge in [0.1, 0.15) is 5.75 Å². The summed E-state index contributed by atoms with van der Waals surface area (Å²) < 4.78 is 5.61. The molecule has 0 spiro atoms. The molecule has 0 amide bonds. The van der Waals surface area contributed by atoms with E-state index in [-0.39, 0.29) is 0 Å². The first-order valence-electron chi connectivity index (χ1n) is 7.43. The van der Waals surface area contributed by atoms with Crippen molar-refractivity contribution < 1.29 is 14.6 Å². The SMILES string of the molecule is CCCOc1cccc(CNCc2ccc(C(=O)O)cc2)c1. The van der Waals surface area contributed by atoms with Crippen LogP contribution in [0.25, 0.3) is 0 Å². The van der Waals surface area contributed by atoms with Crippen molar-refractivity contribution >= 4 is 5.97 Å². The Labute approximate surface area is 130 Å². The van der Waals surface area contributed by atoms with Gasteiger partial charge in [0.2, 0.25) is 0 Å². The summed E-state index contributed by atoms with van der Waals surface area (Å²) in [6, 6.07) is 15.0. The molecule has 0 fully saturated rings. The first-order valence-corrected chi connectivity index (χ1v) is 7.43. The normalized spacial score (nSPS) is 10.4. The van der Waals surface area contributed by atoms with Crippen molar-refractivity contribution in [2.24, 2.45) is 0 Å². The molecule has 0 unspecified atom stereocenters. The van der Waals surface area contributed by atoms with Gasteiger partial charge in [0.05, 0.1) is 12.2 Å². The van der Waals surface area contributed by atoms with Crippen molar-refractivity contribution in [3.63, 3.8) is 0 Å². The number of nitrogens with one attached hydrogen (secondary N) is 1. The Bertz CT molecular complexity index is 608. The zero-order chi connectivity index (χ0) is 15.8. The van der Waals surface area contributed by atoms with E-state index >= 15 is 0 Å². The van der Waals surface area contributed by atoms with Crippen LogP contribution >= 0.6 is 0 Å². The second kappa shape index (κ2) is 8.20. The Kier molecular flexibility index (Phi) is 5.98. The third-order valence-electron chi connectivity index (χ3n) is 3.23. The molecule has 2 rings (SSSR count). The van der Waals surface area contributed by atoms with Gasteiger partial charge in [0.15, 0.2) is 0 Å². The van der Waals surface area contributed by atoms with Crippen LogP contribution in [0, 0.1) is 0 Å². The number of rotatable bonds is 8. The van der Waals surface area contributed by atoms with Gasteiger partial charge in [-0.2, -0.15) is 0 Å². The monoisotopic (exact) mass is 299 g/mol. The summed E-state index contributed by atoms with van der Waals surface area (Å²) in [6.07, 6.45) is 0.995. The molecule has 0 heterocycles. The summed E-state index contributed by atoms with van der Waals surface area (Å²) in [4.78, 5) is 10.8. The number of hydrogen-bond acceptors (Lipinski definition) is 3. The number of benzene rings is 2. The average Bonchev–Trinajstić information content (AvgIpc) is 2.54. The van der Waals surface area contributed by atoms with Gasteiger partial charge >= 0.3 is 5.97 Å². The van der Waals surface area contributed by atoms with E-state index in [1.54, 1.807) is 12.1 Å². The van der Waals surface area contributed by atoms with Gasteiger partial charge in [-0.3, -0.25) is 0 Å². The zero-order valence-corrected chi connectivity index (χ0v) is 12.7. The fourth-order valence-electron chi connectivity index (χ4n) is 2.08. The molecule has 4 heteroatoms. The number of carboxylic acids is 1. The largest absolute Gasteiger partial charge is 0.494 e. The molecule has 0 aliphatic heterocycles. The second-order valence-electron chi connectivity index (χ2n) is 5.10. The van der Waals surface area contributed by atoms with Crippen LogP contribution in [-0.2, 0) is 13.1 Å². The zero-order valence-electron chi connectivity index (χ0n) is 12.7. The van der Waals surface area contributed by atoms with Crippen LogP contribution in [0.2, 0.25) is 0 Å². The van der Waals surface area contributed by atoms with Gasteiger partial charge in [-0.05, 0) is 41.8 Å². The Morgan fingerprint density at radius 2 is 1.82 bits per heavy atom. The predicted octanol–water partition coefficient (Wildman–Crippen LogP) is 3.46. The molecule has 2 aromatic carbocycles. The minimum absolute atomic E-state index is 0.310. The fourth-order valence-corrected chi connectivity index (χ4v) is 2.08. The van der Waals surface area contributed by atoms with Crippen LogP contribution in [0.5, 0.6) is 5.75 Å². The molecule has 4 nitrogen and oxygen atoms in total. The number of carbonyl (C=O) groups is 1. The minimum Gasteiger partial charge on any atom is -0.494 e. The molecular formula is C18H21NO3. The minimum atomic E-state index is -0.900. The van der Waals surface area contributed by atoms with Crippen molar-refractivity contribution in [1.82, 2.24) is 5.32 Å². The summed E-state index contributed by atoms with van der Waals surface area (Å²) in [5.74, 6) is -0.00429. The van der Waals surface area contributed by atoms with Crippen LogP contribution in [0.1, 0.15) is 34.8 Å². The van der Waals surface area contributed by atoms with Crippen LogP contribution in [0.3, 0.4) is 0 Å². The molecule has 0 aliphatic rings. The maximum Gasteiger partial charge on any atom is 0.335 e. The average molecular weight is 299 g/mol. The van der Waals surface area contributed by atoms with Crippen LogP contribution in [-0.4, -0.2) is 17.7 Å². The van der Waals surface area contributed by atoms with Gasteiger partial charge < -0.3 is 15.2 Å². The lowest BCUT2D eigenvalue weighted by molar-refractivity contribution is 0.0697. The molecule has 2 aromatic rings.